The van der Waals surface area contributed by atoms with E-state index in [9.17, 15) is 9.59 Å². The Morgan fingerprint density at radius 2 is 1.62 bits per heavy atom. The van der Waals surface area contributed by atoms with Crippen LogP contribution in [0.5, 0.6) is 0 Å². The lowest BCUT2D eigenvalue weighted by atomic mass is 9.89. The third-order valence-electron chi connectivity index (χ3n) is 4.52. The Balaban J connectivity index is 1.82. The Kier molecular flexibility index (Phi) is 4.61. The number of hydrogen-bond donors (Lipinski definition) is 1. The van der Waals surface area contributed by atoms with E-state index in [1.165, 1.54) is 0 Å². The number of anilines is 1. The minimum absolute atomic E-state index is 0.125. The first-order valence-corrected chi connectivity index (χ1v) is 9.22. The number of Topliss-reactive ketones (excluding diaryl/α,β-unsaturated/α-hetero) is 2. The average Bonchev–Trinajstić information content (AvgIpc) is 2.67. The van der Waals surface area contributed by atoms with Gasteiger partial charge in [-0.1, -0.05) is 46.3 Å². The Morgan fingerprint density at radius 3 is 2.31 bits per heavy atom. The summed E-state index contributed by atoms with van der Waals surface area (Å²) in [5.74, 6) is -0.290. The molecule has 1 heterocycles. The van der Waals surface area contributed by atoms with Gasteiger partial charge in [-0.2, -0.15) is 0 Å². The van der Waals surface area contributed by atoms with Crippen LogP contribution in [-0.4, -0.2) is 42.8 Å². The van der Waals surface area contributed by atoms with Gasteiger partial charge in [-0.05, 0) is 18.2 Å². The molecule has 0 bridgehead atoms. The number of allylic oxidation sites excluding steroid dienone is 2. The lowest BCUT2D eigenvalue weighted by molar-refractivity contribution is 0.0496. The third kappa shape index (κ3) is 3.06. The first kappa shape index (κ1) is 17.0. The molecule has 2 aliphatic rings. The highest BCUT2D eigenvalue weighted by Crippen LogP contribution is 2.30. The van der Waals surface area contributed by atoms with Gasteiger partial charge in [0, 0.05) is 34.4 Å². The number of fused-ring (bicyclic) bond motifs is 1. The van der Waals surface area contributed by atoms with Crippen LogP contribution in [-0.2, 0) is 4.74 Å². The van der Waals surface area contributed by atoms with Gasteiger partial charge in [0.05, 0.1) is 13.2 Å². The van der Waals surface area contributed by atoms with E-state index >= 15 is 0 Å². The van der Waals surface area contributed by atoms with E-state index in [0.29, 0.717) is 48.8 Å². The van der Waals surface area contributed by atoms with E-state index in [1.807, 2.05) is 29.2 Å². The highest BCUT2D eigenvalue weighted by Gasteiger charge is 2.35. The van der Waals surface area contributed by atoms with Crippen LogP contribution in [0.4, 0.5) is 5.69 Å². The number of nitrogens with one attached hydrogen (secondary N) is 1. The van der Waals surface area contributed by atoms with Crippen molar-refractivity contribution in [1.29, 1.82) is 0 Å². The maximum Gasteiger partial charge on any atom is 0.212 e. The van der Waals surface area contributed by atoms with E-state index in [2.05, 4.69) is 21.2 Å². The summed E-state index contributed by atoms with van der Waals surface area (Å²) in [5.41, 5.74) is 2.40. The summed E-state index contributed by atoms with van der Waals surface area (Å²) in [6, 6.07) is 14.5. The molecule has 6 heteroatoms. The number of hydrogen-bond acceptors (Lipinski definition) is 5. The number of halogens is 1. The molecule has 0 amide bonds. The third-order valence-corrected chi connectivity index (χ3v) is 5.01. The van der Waals surface area contributed by atoms with Crippen molar-refractivity contribution >= 4 is 33.2 Å². The second kappa shape index (κ2) is 7.05. The number of nitrogens with zero attached hydrogens (tertiary/aromatic N) is 1. The van der Waals surface area contributed by atoms with Crippen LogP contribution in [0.15, 0.2) is 64.4 Å². The van der Waals surface area contributed by atoms with Crippen LogP contribution >= 0.6 is 15.9 Å². The summed E-state index contributed by atoms with van der Waals surface area (Å²) < 4.78 is 6.30. The summed E-state index contributed by atoms with van der Waals surface area (Å²) in [4.78, 5) is 28.3. The summed E-state index contributed by atoms with van der Waals surface area (Å²) in [6.45, 7) is 2.24. The zero-order valence-electron chi connectivity index (χ0n) is 14.0. The van der Waals surface area contributed by atoms with E-state index in [1.54, 1.807) is 24.3 Å². The minimum atomic E-state index is -0.165. The Labute approximate surface area is 159 Å². The number of ketones is 2. The second-order valence-corrected chi connectivity index (χ2v) is 7.08. The molecule has 1 saturated heterocycles. The van der Waals surface area contributed by atoms with Crippen LogP contribution in [0.3, 0.4) is 0 Å². The van der Waals surface area contributed by atoms with Gasteiger partial charge in [-0.15, -0.1) is 0 Å². The van der Waals surface area contributed by atoms with E-state index < -0.39 is 0 Å². The zero-order valence-corrected chi connectivity index (χ0v) is 15.6. The van der Waals surface area contributed by atoms with Crippen LogP contribution < -0.4 is 5.32 Å². The second-order valence-electron chi connectivity index (χ2n) is 6.16. The van der Waals surface area contributed by atoms with Gasteiger partial charge in [0.1, 0.15) is 11.4 Å². The summed E-state index contributed by atoms with van der Waals surface area (Å²) >= 11 is 3.44. The van der Waals surface area contributed by atoms with Crippen molar-refractivity contribution in [2.75, 3.05) is 31.6 Å². The maximum absolute atomic E-state index is 13.2. The highest BCUT2D eigenvalue weighted by molar-refractivity contribution is 9.10. The molecule has 1 fully saturated rings. The van der Waals surface area contributed by atoms with Crippen LogP contribution in [0.2, 0.25) is 0 Å². The van der Waals surface area contributed by atoms with Gasteiger partial charge < -0.3 is 15.0 Å². The van der Waals surface area contributed by atoms with Crippen molar-refractivity contribution in [3.8, 4) is 0 Å². The van der Waals surface area contributed by atoms with E-state index in [-0.39, 0.29) is 11.6 Å². The van der Waals surface area contributed by atoms with Gasteiger partial charge in [-0.25, -0.2) is 0 Å². The summed E-state index contributed by atoms with van der Waals surface area (Å²) in [7, 11) is 0. The van der Waals surface area contributed by atoms with Crippen LogP contribution in [0, 0.1) is 0 Å². The minimum Gasteiger partial charge on any atom is -0.378 e. The van der Waals surface area contributed by atoms with Gasteiger partial charge in [-0.3, -0.25) is 9.59 Å². The lowest BCUT2D eigenvalue weighted by Crippen LogP contribution is -2.42. The van der Waals surface area contributed by atoms with Gasteiger partial charge >= 0.3 is 0 Å². The maximum atomic E-state index is 13.2. The fourth-order valence-electron chi connectivity index (χ4n) is 3.28. The van der Waals surface area contributed by atoms with Crippen molar-refractivity contribution in [2.45, 2.75) is 0 Å². The quantitative estimate of drug-likeness (QED) is 0.835. The van der Waals surface area contributed by atoms with Gasteiger partial charge in [0.2, 0.25) is 11.6 Å². The molecule has 2 aromatic carbocycles. The van der Waals surface area contributed by atoms with Gasteiger partial charge in [0.15, 0.2) is 0 Å². The molecule has 2 aromatic rings. The summed E-state index contributed by atoms with van der Waals surface area (Å²) in [5, 5.41) is 3.19. The molecule has 0 unspecified atom stereocenters. The van der Waals surface area contributed by atoms with Crippen molar-refractivity contribution < 1.29 is 14.3 Å². The molecule has 0 spiro atoms. The normalized spacial score (nSPS) is 17.3. The number of rotatable bonds is 3. The molecule has 0 atom stereocenters. The monoisotopic (exact) mass is 412 g/mol. The molecule has 0 saturated carbocycles. The molecular weight excluding hydrogens is 396 g/mol. The van der Waals surface area contributed by atoms with Crippen molar-refractivity contribution in [1.82, 2.24) is 4.90 Å². The largest absolute Gasteiger partial charge is 0.378 e. The molecule has 1 aliphatic carbocycles. The highest BCUT2D eigenvalue weighted by atomic mass is 79.9. The molecule has 0 radical (unpaired) electrons. The van der Waals surface area contributed by atoms with E-state index in [0.717, 1.165) is 10.2 Å². The number of morpholine rings is 1. The fraction of sp³-hybridized carbons (Fsp3) is 0.200. The molecule has 1 N–H and O–H groups in total. The molecule has 0 aromatic heterocycles. The molecule has 4 rings (SSSR count). The Bertz CT molecular complexity index is 917. The first-order valence-electron chi connectivity index (χ1n) is 8.43. The predicted octanol–water partition coefficient (Wildman–Crippen LogP) is 3.48. The van der Waals surface area contributed by atoms with Crippen molar-refractivity contribution in [2.24, 2.45) is 0 Å². The molecule has 1 aliphatic heterocycles. The predicted molar refractivity (Wildman–Crippen MR) is 102 cm³/mol. The van der Waals surface area contributed by atoms with Crippen LogP contribution in [0.1, 0.15) is 20.7 Å². The molecule has 5 nitrogen and oxygen atoms in total. The zero-order chi connectivity index (χ0) is 18.1. The molecular formula is C20H17BrN2O3. The summed E-state index contributed by atoms with van der Waals surface area (Å²) in [6.07, 6.45) is 0. The number of ether oxygens (including phenoxy) is 1. The first-order chi connectivity index (χ1) is 12.6. The number of carbonyl (C=O) groups is 2. The standard InChI is InChI=1S/C20H17BrN2O3/c21-13-4-3-5-14(12-13)22-17-18(23-8-10-26-11-9-23)20(25)16-7-2-1-6-15(16)19(17)24/h1-7,12,22H,8-11H2. The fourth-order valence-corrected chi connectivity index (χ4v) is 3.68. The van der Waals surface area contributed by atoms with Crippen molar-refractivity contribution in [3.05, 3.63) is 75.5 Å². The molecule has 132 valence electrons. The smallest absolute Gasteiger partial charge is 0.212 e. The van der Waals surface area contributed by atoms with Gasteiger partial charge in [0.25, 0.3) is 0 Å². The average molecular weight is 413 g/mol. The Hall–Kier alpha value is -2.44. The lowest BCUT2D eigenvalue weighted by Gasteiger charge is -2.34. The van der Waals surface area contributed by atoms with Crippen LogP contribution in [0.25, 0.3) is 0 Å². The number of benzene rings is 2. The number of carbonyl (C=O) groups excluding carboxylic acids is 2. The van der Waals surface area contributed by atoms with E-state index in [4.69, 9.17) is 4.74 Å². The SMILES string of the molecule is O=C1C(Nc2cccc(Br)c2)=C(N2CCOCC2)C(=O)c2ccccc21. The topological polar surface area (TPSA) is 58.6 Å². The molecule has 26 heavy (non-hydrogen) atoms. The van der Waals surface area contributed by atoms with Crippen molar-refractivity contribution in [3.63, 3.8) is 0 Å². The Morgan fingerprint density at radius 1 is 0.923 bits per heavy atom.